The molecule has 1 aliphatic carbocycles. The molecule has 4 atom stereocenters. The Bertz CT molecular complexity index is 651. The van der Waals surface area contributed by atoms with Crippen molar-refractivity contribution in [1.82, 2.24) is 0 Å². The average molecular weight is 363 g/mol. The van der Waals surface area contributed by atoms with E-state index in [1.165, 1.54) is 4.90 Å². The Labute approximate surface area is 155 Å². The number of likely N-dealkylation sites (tertiary alicyclic amines) is 1. The van der Waals surface area contributed by atoms with Crippen LogP contribution < -0.4 is 20.1 Å². The van der Waals surface area contributed by atoms with Gasteiger partial charge in [0.2, 0.25) is 5.91 Å². The maximum Gasteiger partial charge on any atom is 0.223 e. The van der Waals surface area contributed by atoms with Gasteiger partial charge >= 0.3 is 0 Å². The largest absolute Gasteiger partial charge is 0.493 e. The van der Waals surface area contributed by atoms with Crippen molar-refractivity contribution in [1.29, 1.82) is 0 Å². The molecule has 1 saturated carbocycles. The van der Waals surface area contributed by atoms with Crippen LogP contribution in [0.1, 0.15) is 50.1 Å². The lowest BCUT2D eigenvalue weighted by molar-refractivity contribution is -0.944. The van der Waals surface area contributed by atoms with Gasteiger partial charge in [0.25, 0.3) is 0 Å². The number of ether oxygens (including phenoxy) is 2. The first-order valence-corrected chi connectivity index (χ1v) is 9.55. The quantitative estimate of drug-likeness (QED) is 0.699. The molecule has 1 aliphatic heterocycles. The number of piperidine rings is 1. The molecule has 1 aromatic carbocycles. The van der Waals surface area contributed by atoms with Crippen molar-refractivity contribution in [2.75, 3.05) is 27.3 Å². The Kier molecular flexibility index (Phi) is 5.73. The van der Waals surface area contributed by atoms with Gasteiger partial charge in [0.05, 0.1) is 39.3 Å². The van der Waals surface area contributed by atoms with E-state index in [0.29, 0.717) is 24.5 Å². The molecule has 3 rings (SSSR count). The predicted octanol–water partition coefficient (Wildman–Crippen LogP) is 0.830. The number of fused-ring (bicyclic) bond motifs is 1. The summed E-state index contributed by atoms with van der Waals surface area (Å²) in [7, 11) is 3.26. The molecule has 4 N–H and O–H groups in total. The van der Waals surface area contributed by atoms with E-state index in [1.54, 1.807) is 14.2 Å². The highest BCUT2D eigenvalue weighted by Gasteiger charge is 2.51. The van der Waals surface area contributed by atoms with Crippen LogP contribution in [0.3, 0.4) is 0 Å². The van der Waals surface area contributed by atoms with E-state index in [0.717, 1.165) is 44.2 Å². The van der Waals surface area contributed by atoms with Gasteiger partial charge in [-0.05, 0) is 31.0 Å². The van der Waals surface area contributed by atoms with Gasteiger partial charge in [-0.25, -0.2) is 0 Å². The number of hydrogen-bond donors (Lipinski definition) is 3. The lowest BCUT2D eigenvalue weighted by atomic mass is 9.66. The molecule has 1 amide bonds. The highest BCUT2D eigenvalue weighted by atomic mass is 16.5. The number of benzene rings is 1. The van der Waals surface area contributed by atoms with Crippen LogP contribution in [0, 0.1) is 5.92 Å². The van der Waals surface area contributed by atoms with Gasteiger partial charge in [0.1, 0.15) is 6.04 Å². The van der Waals surface area contributed by atoms with Gasteiger partial charge in [0.15, 0.2) is 11.5 Å². The predicted molar refractivity (Wildman–Crippen MR) is 98.3 cm³/mol. The van der Waals surface area contributed by atoms with Crippen molar-refractivity contribution in [2.24, 2.45) is 11.7 Å². The summed E-state index contributed by atoms with van der Waals surface area (Å²) in [5.41, 5.74) is 5.92. The molecule has 6 heteroatoms. The molecule has 0 spiro atoms. The Hall–Kier alpha value is -1.79. The van der Waals surface area contributed by atoms with Gasteiger partial charge in [0, 0.05) is 17.9 Å². The lowest BCUT2D eigenvalue weighted by Gasteiger charge is -2.50. The highest BCUT2D eigenvalue weighted by molar-refractivity contribution is 5.73. The third-order valence-corrected chi connectivity index (χ3v) is 6.25. The van der Waals surface area contributed by atoms with Crippen LogP contribution in [0.15, 0.2) is 18.2 Å². The zero-order valence-electron chi connectivity index (χ0n) is 15.8. The van der Waals surface area contributed by atoms with Crippen LogP contribution in [0.2, 0.25) is 0 Å². The molecule has 1 unspecified atom stereocenters. The second kappa shape index (κ2) is 7.84. The third kappa shape index (κ3) is 3.67. The van der Waals surface area contributed by atoms with E-state index in [9.17, 15) is 9.90 Å². The molecule has 0 radical (unpaired) electrons. The zero-order chi connectivity index (χ0) is 18.7. The summed E-state index contributed by atoms with van der Waals surface area (Å²) in [5, 5.41) is 11.3. The number of rotatable bonds is 6. The van der Waals surface area contributed by atoms with E-state index in [1.807, 2.05) is 12.1 Å². The third-order valence-electron chi connectivity index (χ3n) is 6.25. The van der Waals surface area contributed by atoms with Crippen LogP contribution in [0.25, 0.3) is 0 Å². The van der Waals surface area contributed by atoms with Crippen molar-refractivity contribution < 1.29 is 24.3 Å². The SMILES string of the molecule is COc1ccc([C@@H]2[C@@H]3CCCC[C@@]3(O)CC[NH+]2CCC(N)=O)cc1OC. The van der Waals surface area contributed by atoms with Gasteiger partial charge in [-0.3, -0.25) is 4.79 Å². The number of aliphatic hydroxyl groups is 1. The Morgan fingerprint density at radius 1 is 1.27 bits per heavy atom. The molecule has 1 saturated heterocycles. The number of carbonyl (C=O) groups excluding carboxylic acids is 1. The van der Waals surface area contributed by atoms with E-state index in [4.69, 9.17) is 15.2 Å². The van der Waals surface area contributed by atoms with E-state index in [2.05, 4.69) is 6.07 Å². The number of primary amides is 1. The number of nitrogens with one attached hydrogen (secondary N) is 1. The first-order valence-electron chi connectivity index (χ1n) is 9.55. The van der Waals surface area contributed by atoms with Crippen LogP contribution in [0.4, 0.5) is 0 Å². The fraction of sp³-hybridized carbons (Fsp3) is 0.650. The number of amides is 1. The summed E-state index contributed by atoms with van der Waals surface area (Å²) in [6.45, 7) is 1.54. The van der Waals surface area contributed by atoms with Crippen LogP contribution in [0.5, 0.6) is 11.5 Å². The van der Waals surface area contributed by atoms with Crippen molar-refractivity contribution in [3.05, 3.63) is 23.8 Å². The lowest BCUT2D eigenvalue weighted by Crippen LogP contribution is -3.15. The summed E-state index contributed by atoms with van der Waals surface area (Å²) >= 11 is 0. The minimum atomic E-state index is -0.605. The Morgan fingerprint density at radius 2 is 2.04 bits per heavy atom. The van der Waals surface area contributed by atoms with Crippen LogP contribution in [-0.2, 0) is 4.79 Å². The molecular weight excluding hydrogens is 332 g/mol. The molecule has 0 bridgehead atoms. The normalized spacial score (nSPS) is 31.1. The van der Waals surface area contributed by atoms with Crippen molar-refractivity contribution in [2.45, 2.75) is 50.2 Å². The number of hydrogen-bond acceptors (Lipinski definition) is 4. The number of methoxy groups -OCH3 is 2. The molecule has 0 aromatic heterocycles. The number of carbonyl (C=O) groups is 1. The summed E-state index contributed by atoms with van der Waals surface area (Å²) in [6, 6.07) is 6.15. The average Bonchev–Trinajstić information content (AvgIpc) is 2.65. The molecular formula is C20H31N2O4+. The summed E-state index contributed by atoms with van der Waals surface area (Å²) in [5.74, 6) is 1.31. The zero-order valence-corrected chi connectivity index (χ0v) is 15.8. The van der Waals surface area contributed by atoms with Gasteiger partial charge in [-0.1, -0.05) is 12.8 Å². The minimum absolute atomic E-state index is 0.133. The van der Waals surface area contributed by atoms with Crippen molar-refractivity contribution in [3.8, 4) is 11.5 Å². The topological polar surface area (TPSA) is 86.2 Å². The second-order valence-electron chi connectivity index (χ2n) is 7.67. The molecule has 26 heavy (non-hydrogen) atoms. The van der Waals surface area contributed by atoms with Gasteiger partial charge in [-0.2, -0.15) is 0 Å². The molecule has 6 nitrogen and oxygen atoms in total. The smallest absolute Gasteiger partial charge is 0.223 e. The summed E-state index contributed by atoms with van der Waals surface area (Å²) < 4.78 is 10.9. The Balaban J connectivity index is 1.96. The van der Waals surface area contributed by atoms with Crippen LogP contribution in [-0.4, -0.2) is 43.9 Å². The van der Waals surface area contributed by atoms with Crippen LogP contribution >= 0.6 is 0 Å². The van der Waals surface area contributed by atoms with Gasteiger partial charge < -0.3 is 25.2 Å². The standard InChI is InChI=1S/C20H30N2O4/c1-25-16-7-6-14(13-17(16)26-2)19-15-5-3-4-9-20(15,24)10-12-22(19)11-8-18(21)23/h6-7,13,15,19,24H,3-5,8-12H2,1-2H3,(H2,21,23)/p+1/t15-,19+,20+/m0/s1. The van der Waals surface area contributed by atoms with Crippen molar-refractivity contribution >= 4 is 5.91 Å². The maximum atomic E-state index is 11.3. The number of nitrogens with two attached hydrogens (primary N) is 1. The molecule has 2 aliphatic rings. The van der Waals surface area contributed by atoms with Crippen molar-refractivity contribution in [3.63, 3.8) is 0 Å². The van der Waals surface area contributed by atoms with E-state index in [-0.39, 0.29) is 17.9 Å². The monoisotopic (exact) mass is 363 g/mol. The summed E-state index contributed by atoms with van der Waals surface area (Å²) in [6.07, 6.45) is 5.25. The van der Waals surface area contributed by atoms with E-state index >= 15 is 0 Å². The van der Waals surface area contributed by atoms with Gasteiger partial charge in [-0.15, -0.1) is 0 Å². The fourth-order valence-electron chi connectivity index (χ4n) is 4.93. The highest BCUT2D eigenvalue weighted by Crippen LogP contribution is 2.45. The Morgan fingerprint density at radius 3 is 2.73 bits per heavy atom. The molecule has 1 aromatic rings. The second-order valence-corrected chi connectivity index (χ2v) is 7.67. The fourth-order valence-corrected chi connectivity index (χ4v) is 4.93. The molecule has 1 heterocycles. The molecule has 144 valence electrons. The number of quaternary nitrogens is 1. The minimum Gasteiger partial charge on any atom is -0.493 e. The van der Waals surface area contributed by atoms with E-state index < -0.39 is 5.60 Å². The maximum absolute atomic E-state index is 11.3. The first-order chi connectivity index (χ1) is 12.5. The summed E-state index contributed by atoms with van der Waals surface area (Å²) in [4.78, 5) is 12.7. The molecule has 2 fully saturated rings. The first kappa shape index (κ1) is 19.0.